The van der Waals surface area contributed by atoms with Crippen LogP contribution in [0.15, 0.2) is 40.8 Å². The number of ether oxygens (including phenoxy) is 2. The maximum atomic E-state index is 12.5. The van der Waals surface area contributed by atoms with E-state index in [1.807, 2.05) is 26.0 Å². The lowest BCUT2D eigenvalue weighted by Gasteiger charge is -2.34. The first-order valence-corrected chi connectivity index (χ1v) is 7.87. The summed E-state index contributed by atoms with van der Waals surface area (Å²) in [6, 6.07) is 10.3. The van der Waals surface area contributed by atoms with Crippen molar-refractivity contribution in [3.8, 4) is 11.7 Å². The average Bonchev–Trinajstić information content (AvgIpc) is 2.96. The number of benzene rings is 1. The average molecular weight is 336 g/mol. The molecule has 1 amide bonds. The lowest BCUT2D eigenvalue weighted by molar-refractivity contribution is -0.0592. The summed E-state index contributed by atoms with van der Waals surface area (Å²) in [4.78, 5) is 14.3. The molecule has 2 aromatic rings. The minimum Gasteiger partial charge on any atom is -0.424 e. The van der Waals surface area contributed by atoms with Gasteiger partial charge in [0.2, 0.25) is 0 Å². The van der Waals surface area contributed by atoms with Crippen molar-refractivity contribution in [1.29, 1.82) is 0 Å². The van der Waals surface area contributed by atoms with Gasteiger partial charge < -0.3 is 18.8 Å². The predicted molar refractivity (Wildman–Crippen MR) is 86.1 cm³/mol. The lowest BCUT2D eigenvalue weighted by atomic mass is 10.2. The Balaban J connectivity index is 1.71. The van der Waals surface area contributed by atoms with E-state index in [4.69, 9.17) is 25.5 Å². The van der Waals surface area contributed by atoms with Crippen LogP contribution >= 0.6 is 11.6 Å². The zero-order valence-electron chi connectivity index (χ0n) is 13.0. The number of hydrogen-bond donors (Lipinski definition) is 0. The van der Waals surface area contributed by atoms with Crippen LogP contribution in [0.3, 0.4) is 0 Å². The molecule has 0 saturated carbocycles. The summed E-state index contributed by atoms with van der Waals surface area (Å²) in [5, 5.41) is 0.479. The van der Waals surface area contributed by atoms with Gasteiger partial charge in [0.05, 0.1) is 17.2 Å². The Morgan fingerprint density at radius 1 is 1.17 bits per heavy atom. The van der Waals surface area contributed by atoms with Crippen LogP contribution in [0, 0.1) is 0 Å². The van der Waals surface area contributed by atoms with E-state index in [0.717, 1.165) is 0 Å². The summed E-state index contributed by atoms with van der Waals surface area (Å²) in [7, 11) is 0. The van der Waals surface area contributed by atoms with Crippen LogP contribution in [-0.2, 0) is 4.74 Å². The highest BCUT2D eigenvalue weighted by Crippen LogP contribution is 2.30. The molecule has 0 radical (unpaired) electrons. The van der Waals surface area contributed by atoms with Crippen LogP contribution in [-0.4, -0.2) is 36.1 Å². The fourth-order valence-corrected chi connectivity index (χ4v) is 2.80. The number of para-hydroxylation sites is 1. The zero-order valence-corrected chi connectivity index (χ0v) is 13.7. The van der Waals surface area contributed by atoms with Crippen LogP contribution in [0.5, 0.6) is 11.7 Å². The number of amides is 1. The largest absolute Gasteiger partial charge is 0.424 e. The van der Waals surface area contributed by atoms with E-state index < -0.39 is 0 Å². The third-order valence-electron chi connectivity index (χ3n) is 3.55. The maximum Gasteiger partial charge on any atom is 0.290 e. The third-order valence-corrected chi connectivity index (χ3v) is 3.86. The molecule has 2 atom stereocenters. The first kappa shape index (κ1) is 15.9. The van der Waals surface area contributed by atoms with Gasteiger partial charge in [-0.15, -0.1) is 0 Å². The number of carbonyl (C=O) groups excluding carboxylic acids is 1. The Bertz CT molecular complexity index is 689. The Labute approximate surface area is 139 Å². The second-order valence-electron chi connectivity index (χ2n) is 5.62. The van der Waals surface area contributed by atoms with Crippen molar-refractivity contribution in [1.82, 2.24) is 4.90 Å². The summed E-state index contributed by atoms with van der Waals surface area (Å²) < 4.78 is 16.7. The van der Waals surface area contributed by atoms with Gasteiger partial charge in [0, 0.05) is 19.2 Å². The number of morpholine rings is 1. The van der Waals surface area contributed by atoms with Gasteiger partial charge in [-0.2, -0.15) is 0 Å². The van der Waals surface area contributed by atoms with E-state index in [1.54, 1.807) is 29.2 Å². The minimum atomic E-state index is -0.166. The van der Waals surface area contributed by atoms with E-state index in [0.29, 0.717) is 23.9 Å². The minimum absolute atomic E-state index is 0.0107. The molecule has 0 N–H and O–H groups in total. The van der Waals surface area contributed by atoms with Crippen molar-refractivity contribution in [2.24, 2.45) is 0 Å². The molecular weight excluding hydrogens is 318 g/mol. The summed E-state index contributed by atoms with van der Waals surface area (Å²) in [5.41, 5.74) is 0. The number of rotatable bonds is 3. The topological polar surface area (TPSA) is 51.9 Å². The molecule has 2 heterocycles. The molecule has 3 rings (SSSR count). The third kappa shape index (κ3) is 3.68. The van der Waals surface area contributed by atoms with Crippen molar-refractivity contribution in [2.45, 2.75) is 26.1 Å². The van der Waals surface area contributed by atoms with E-state index >= 15 is 0 Å². The van der Waals surface area contributed by atoms with Crippen LogP contribution in [0.25, 0.3) is 0 Å². The number of halogens is 1. The van der Waals surface area contributed by atoms with Gasteiger partial charge in [0.1, 0.15) is 5.75 Å². The molecule has 122 valence electrons. The molecule has 5 nitrogen and oxygen atoms in total. The van der Waals surface area contributed by atoms with E-state index in [9.17, 15) is 4.79 Å². The van der Waals surface area contributed by atoms with E-state index in [2.05, 4.69) is 0 Å². The van der Waals surface area contributed by atoms with Crippen molar-refractivity contribution in [2.75, 3.05) is 13.1 Å². The monoisotopic (exact) mass is 335 g/mol. The van der Waals surface area contributed by atoms with Crippen molar-refractivity contribution in [3.63, 3.8) is 0 Å². The van der Waals surface area contributed by atoms with Crippen molar-refractivity contribution < 1.29 is 18.7 Å². The number of nitrogens with zero attached hydrogens (tertiary/aromatic N) is 1. The quantitative estimate of drug-likeness (QED) is 0.851. The van der Waals surface area contributed by atoms with Gasteiger partial charge >= 0.3 is 0 Å². The first-order chi connectivity index (χ1) is 11.0. The van der Waals surface area contributed by atoms with Gasteiger partial charge in [-0.3, -0.25) is 4.79 Å². The van der Waals surface area contributed by atoms with Gasteiger partial charge in [0.15, 0.2) is 5.76 Å². The van der Waals surface area contributed by atoms with Gasteiger partial charge in [-0.05, 0) is 32.0 Å². The SMILES string of the molecule is C[C@@H]1CN(C(=O)c2ccc(Oc3ccccc3Cl)o2)C[C@H](C)O1. The molecule has 1 aliphatic rings. The number of carbonyl (C=O) groups is 1. The normalized spacial score (nSPS) is 21.3. The molecular formula is C17H18ClNO4. The highest BCUT2D eigenvalue weighted by Gasteiger charge is 2.28. The molecule has 6 heteroatoms. The van der Waals surface area contributed by atoms with E-state index in [1.165, 1.54) is 0 Å². The van der Waals surface area contributed by atoms with Gasteiger partial charge in [0.25, 0.3) is 11.9 Å². The Hall–Kier alpha value is -1.98. The highest BCUT2D eigenvalue weighted by molar-refractivity contribution is 6.32. The zero-order chi connectivity index (χ0) is 16.4. The van der Waals surface area contributed by atoms with Crippen LogP contribution < -0.4 is 4.74 Å². The molecule has 1 fully saturated rings. The predicted octanol–water partition coefficient (Wildman–Crippen LogP) is 3.97. The molecule has 0 bridgehead atoms. The van der Waals surface area contributed by atoms with E-state index in [-0.39, 0.29) is 29.8 Å². The summed E-state index contributed by atoms with van der Waals surface area (Å²) in [6.45, 7) is 4.99. The number of furan rings is 1. The fourth-order valence-electron chi connectivity index (χ4n) is 2.63. The second-order valence-corrected chi connectivity index (χ2v) is 6.03. The standard InChI is InChI=1S/C17H18ClNO4/c1-11-9-19(10-12(2)21-11)17(20)15-7-8-16(23-15)22-14-6-4-3-5-13(14)18/h3-8,11-12H,9-10H2,1-2H3/t11-,12+. The Kier molecular flexibility index (Phi) is 4.59. The fraction of sp³-hybridized carbons (Fsp3) is 0.353. The molecule has 1 aliphatic heterocycles. The molecule has 0 aliphatic carbocycles. The molecule has 0 spiro atoms. The van der Waals surface area contributed by atoms with Gasteiger partial charge in [-0.25, -0.2) is 0 Å². The lowest BCUT2D eigenvalue weighted by Crippen LogP contribution is -2.48. The maximum absolute atomic E-state index is 12.5. The number of hydrogen-bond acceptors (Lipinski definition) is 4. The first-order valence-electron chi connectivity index (χ1n) is 7.50. The molecule has 23 heavy (non-hydrogen) atoms. The highest BCUT2D eigenvalue weighted by atomic mass is 35.5. The Morgan fingerprint density at radius 3 is 2.57 bits per heavy atom. The summed E-state index contributed by atoms with van der Waals surface area (Å²) in [6.07, 6.45) is 0.0213. The van der Waals surface area contributed by atoms with Crippen molar-refractivity contribution >= 4 is 17.5 Å². The molecule has 1 aromatic carbocycles. The molecule has 0 unspecified atom stereocenters. The van der Waals surface area contributed by atoms with Crippen LogP contribution in [0.4, 0.5) is 0 Å². The second kappa shape index (κ2) is 6.64. The smallest absolute Gasteiger partial charge is 0.290 e. The van der Waals surface area contributed by atoms with Crippen molar-refractivity contribution in [3.05, 3.63) is 47.2 Å². The van der Waals surface area contributed by atoms with Crippen LogP contribution in [0.1, 0.15) is 24.4 Å². The van der Waals surface area contributed by atoms with Gasteiger partial charge in [-0.1, -0.05) is 23.7 Å². The van der Waals surface area contributed by atoms with Crippen LogP contribution in [0.2, 0.25) is 5.02 Å². The molecule has 1 saturated heterocycles. The molecule has 1 aromatic heterocycles. The summed E-state index contributed by atoms with van der Waals surface area (Å²) in [5.74, 6) is 0.793. The Morgan fingerprint density at radius 2 is 1.87 bits per heavy atom. The summed E-state index contributed by atoms with van der Waals surface area (Å²) >= 11 is 6.04.